The predicted molar refractivity (Wildman–Crippen MR) is 258 cm³/mol. The summed E-state index contributed by atoms with van der Waals surface area (Å²) in [4.78, 5) is 0. The zero-order valence-electron chi connectivity index (χ0n) is 37.7. The molecule has 0 radical (unpaired) electrons. The summed E-state index contributed by atoms with van der Waals surface area (Å²) in [6.07, 6.45) is 9.38. The van der Waals surface area contributed by atoms with Gasteiger partial charge in [-0.3, -0.25) is 0 Å². The molecule has 0 aromatic heterocycles. The average molecular weight is 973 g/mol. The van der Waals surface area contributed by atoms with Gasteiger partial charge in [0.05, 0.1) is 0 Å². The molecule has 0 saturated heterocycles. The molecule has 2 aromatic carbocycles. The van der Waals surface area contributed by atoms with Crippen molar-refractivity contribution in [2.24, 2.45) is 0 Å². The zero-order chi connectivity index (χ0) is 41.8. The third kappa shape index (κ3) is 8.59. The molecule has 0 amide bonds. The van der Waals surface area contributed by atoms with Crippen LogP contribution in [-0.2, 0) is 15.6 Å². The van der Waals surface area contributed by atoms with Crippen molar-refractivity contribution in [3.63, 3.8) is 0 Å². The number of hydrogen-bond acceptors (Lipinski definition) is 4. The van der Waals surface area contributed by atoms with Crippen LogP contribution in [0.15, 0.2) is 36.4 Å². The number of allylic oxidation sites excluding steroid dienone is 2. The molecule has 2 aliphatic rings. The Bertz CT molecular complexity index is 1570. The maximum absolute atomic E-state index is 8.58. The van der Waals surface area contributed by atoms with Crippen LogP contribution in [0.3, 0.4) is 0 Å². The normalized spacial score (nSPS) is 17.8. The van der Waals surface area contributed by atoms with Gasteiger partial charge in [-0.1, -0.05) is 0 Å². The van der Waals surface area contributed by atoms with Gasteiger partial charge in [0.2, 0.25) is 0 Å². The van der Waals surface area contributed by atoms with Crippen LogP contribution in [0.2, 0.25) is 85.6 Å². The minimum absolute atomic E-state index is 0.0269. The van der Waals surface area contributed by atoms with Gasteiger partial charge < -0.3 is 0 Å². The molecule has 56 heavy (non-hydrogen) atoms. The molecule has 0 aliphatic heterocycles. The van der Waals surface area contributed by atoms with Crippen LogP contribution in [0.4, 0.5) is 0 Å². The molecule has 0 saturated carbocycles. The van der Waals surface area contributed by atoms with E-state index in [-0.39, 0.29) is 7.25 Å². The number of benzene rings is 2. The Balaban J connectivity index is 1.96. The van der Waals surface area contributed by atoms with Gasteiger partial charge >= 0.3 is 359 Å². The molecular formula is C44H77Cl2O4Si5Zr. The van der Waals surface area contributed by atoms with E-state index in [0.29, 0.717) is 0 Å². The number of fused-ring (bicyclic) bond motifs is 2. The molecule has 0 heterocycles. The first kappa shape index (κ1) is 48.3. The molecular weight excluding hydrogens is 895 g/mol. The van der Waals surface area contributed by atoms with Crippen molar-refractivity contribution in [2.45, 2.75) is 176 Å². The summed E-state index contributed by atoms with van der Waals surface area (Å²) < 4.78 is 29.2. The SMILES string of the molecule is CC[Si](CC)(CC)Oc1ccc2c(c1O[Si](CC)(CC)CC)C=C[CH]2[Zr]([Cl])([Cl])([CH]1C=Cc2c1ccc(O[Si](CC)(CC)CC)c2O[Si](CC)(CC)CC)[SiH](C)C. The molecule has 0 N–H and O–H groups in total. The topological polar surface area (TPSA) is 36.9 Å². The molecule has 0 bridgehead atoms. The molecule has 2 atom stereocenters. The van der Waals surface area contributed by atoms with Gasteiger partial charge in [0.25, 0.3) is 0 Å². The van der Waals surface area contributed by atoms with Crippen molar-refractivity contribution in [1.29, 1.82) is 0 Å². The van der Waals surface area contributed by atoms with Crippen molar-refractivity contribution >= 4 is 68.4 Å². The van der Waals surface area contributed by atoms with E-state index in [0.717, 1.165) is 107 Å². The second-order valence-corrected chi connectivity index (χ2v) is 78.7. The van der Waals surface area contributed by atoms with Gasteiger partial charge in [0, 0.05) is 0 Å². The van der Waals surface area contributed by atoms with E-state index in [2.05, 4.69) is 145 Å². The van der Waals surface area contributed by atoms with E-state index >= 15 is 0 Å². The van der Waals surface area contributed by atoms with E-state index in [1.165, 1.54) is 11.1 Å². The number of halogens is 2. The zero-order valence-corrected chi connectivity index (χ0v) is 46.8. The molecule has 2 aliphatic carbocycles. The molecule has 2 aromatic rings. The maximum atomic E-state index is 8.58. The van der Waals surface area contributed by atoms with Gasteiger partial charge in [-0.05, 0) is 0 Å². The van der Waals surface area contributed by atoms with E-state index in [1.807, 2.05) is 0 Å². The van der Waals surface area contributed by atoms with Crippen LogP contribution in [0.25, 0.3) is 12.2 Å². The second-order valence-electron chi connectivity index (χ2n) is 17.2. The Morgan fingerprint density at radius 3 is 0.982 bits per heavy atom. The summed E-state index contributed by atoms with van der Waals surface area (Å²) in [6.45, 7) is 32.5. The predicted octanol–water partition coefficient (Wildman–Crippen LogP) is 16.0. The molecule has 4 rings (SSSR count). The fourth-order valence-electron chi connectivity index (χ4n) is 9.68. The monoisotopic (exact) mass is 969 g/mol. The number of rotatable bonds is 23. The summed E-state index contributed by atoms with van der Waals surface area (Å²) in [6, 6.07) is 22.0. The minimum atomic E-state index is -4.87. The molecule has 4 nitrogen and oxygen atoms in total. The summed E-state index contributed by atoms with van der Waals surface area (Å²) in [5.74, 6) is 2.08. The number of hydrogen-bond donors (Lipinski definition) is 0. The summed E-state index contributed by atoms with van der Waals surface area (Å²) in [5.41, 5.74) is 4.79. The van der Waals surface area contributed by atoms with Crippen LogP contribution in [-0.4, -0.2) is 39.2 Å². The fourth-order valence-corrected chi connectivity index (χ4v) is 47.3. The van der Waals surface area contributed by atoms with Crippen LogP contribution in [0.5, 0.6) is 23.0 Å². The van der Waals surface area contributed by atoms with Crippen molar-refractivity contribution in [3.8, 4) is 23.0 Å². The van der Waals surface area contributed by atoms with E-state index in [4.69, 9.17) is 34.7 Å². The quantitative estimate of drug-likeness (QED) is 0.104. The second kappa shape index (κ2) is 19.2. The van der Waals surface area contributed by atoms with Crippen LogP contribution >= 0.6 is 17.0 Å². The van der Waals surface area contributed by atoms with Gasteiger partial charge in [-0.15, -0.1) is 0 Å². The van der Waals surface area contributed by atoms with E-state index < -0.39 is 54.7 Å². The van der Waals surface area contributed by atoms with Crippen LogP contribution in [0, 0.1) is 0 Å². The van der Waals surface area contributed by atoms with Crippen molar-refractivity contribution in [3.05, 3.63) is 58.7 Å². The first-order chi connectivity index (χ1) is 26.5. The standard InChI is InChI=1S/2C21H35O2Si2.C2H7Si.2ClH.Zr/c2*1-7-24(8-2,9-3)22-20-17-16-18-14-13-15-19(18)21(20)23-25(10-4,11-5)12-6;1-3-2;;;/h2*13-17H,7-12H2,1-6H3;3H,1-2H3;2*1H;/q;;;;;+2/p-2. The van der Waals surface area contributed by atoms with Crippen molar-refractivity contribution in [1.82, 2.24) is 0 Å². The van der Waals surface area contributed by atoms with E-state index in [1.54, 1.807) is 0 Å². The third-order valence-electron chi connectivity index (χ3n) is 15.3. The van der Waals surface area contributed by atoms with Crippen molar-refractivity contribution in [2.75, 3.05) is 0 Å². The fraction of sp³-hybridized carbons (Fsp3) is 0.636. The first-order valence-corrected chi connectivity index (χ1v) is 49.0. The average Bonchev–Trinajstić information content (AvgIpc) is 3.88. The summed E-state index contributed by atoms with van der Waals surface area (Å²) in [5, 5.41) is 0. The molecule has 12 heteroatoms. The van der Waals surface area contributed by atoms with Crippen LogP contribution < -0.4 is 17.7 Å². The molecule has 0 spiro atoms. The van der Waals surface area contributed by atoms with Gasteiger partial charge in [-0.2, -0.15) is 0 Å². The summed E-state index contributed by atoms with van der Waals surface area (Å²) in [7, 11) is 9.09. The Hall–Kier alpha value is -0.332. The molecule has 0 fully saturated rings. The Morgan fingerprint density at radius 1 is 0.464 bits per heavy atom. The summed E-state index contributed by atoms with van der Waals surface area (Å²) >= 11 is -4.87. The van der Waals surface area contributed by atoms with Gasteiger partial charge in [-0.25, -0.2) is 0 Å². The first-order valence-electron chi connectivity index (χ1n) is 22.6. The van der Waals surface area contributed by atoms with Gasteiger partial charge in [0.1, 0.15) is 0 Å². The Labute approximate surface area is 356 Å². The third-order valence-corrected chi connectivity index (χ3v) is 85.4. The Morgan fingerprint density at radius 2 is 0.732 bits per heavy atom. The molecule has 315 valence electrons. The van der Waals surface area contributed by atoms with Gasteiger partial charge in [0.15, 0.2) is 0 Å². The van der Waals surface area contributed by atoms with Crippen LogP contribution in [0.1, 0.15) is 113 Å². The van der Waals surface area contributed by atoms with Crippen molar-refractivity contribution < 1.29 is 33.3 Å². The Kier molecular flexibility index (Phi) is 16.5. The van der Waals surface area contributed by atoms with E-state index in [9.17, 15) is 0 Å². The molecule has 2 unspecified atom stereocenters.